The average Bonchev–Trinajstić information content (AvgIpc) is 3.02. The predicted octanol–water partition coefficient (Wildman–Crippen LogP) is 0.545. The molecule has 0 atom stereocenters. The molecule has 0 aromatic carbocycles. The van der Waals surface area contributed by atoms with Crippen molar-refractivity contribution in [3.05, 3.63) is 24.0 Å². The van der Waals surface area contributed by atoms with Gasteiger partial charge in [-0.15, -0.1) is 11.3 Å². The third-order valence-corrected chi connectivity index (χ3v) is 3.90. The molecular formula is C11H15N7S. The second-order valence-corrected chi connectivity index (χ2v) is 5.07. The summed E-state index contributed by atoms with van der Waals surface area (Å²) >= 11 is 1.67. The van der Waals surface area contributed by atoms with E-state index >= 15 is 0 Å². The third kappa shape index (κ3) is 2.59. The minimum Gasteiger partial charge on any atom is -0.352 e. The summed E-state index contributed by atoms with van der Waals surface area (Å²) in [4.78, 5) is 17.4. The molecule has 2 aromatic heterocycles. The lowest BCUT2D eigenvalue weighted by Gasteiger charge is -2.35. The summed E-state index contributed by atoms with van der Waals surface area (Å²) in [5.41, 5.74) is 2.52. The number of aromatic nitrogens is 3. The summed E-state index contributed by atoms with van der Waals surface area (Å²) in [5.74, 6) is 6.79. The number of nitrogen functional groups attached to an aromatic ring is 1. The topological polar surface area (TPSA) is 83.2 Å². The van der Waals surface area contributed by atoms with E-state index in [2.05, 4.69) is 30.2 Å². The molecule has 0 saturated carbocycles. The van der Waals surface area contributed by atoms with Gasteiger partial charge in [-0.05, 0) is 0 Å². The van der Waals surface area contributed by atoms with Crippen molar-refractivity contribution in [1.29, 1.82) is 0 Å². The number of nitrogens with zero attached hydrogens (tertiary/aromatic N) is 5. The molecule has 3 heterocycles. The van der Waals surface area contributed by atoms with Gasteiger partial charge in [0, 0.05) is 37.8 Å². The first-order valence-electron chi connectivity index (χ1n) is 6.05. The van der Waals surface area contributed by atoms with Crippen molar-refractivity contribution < 1.29 is 0 Å². The van der Waals surface area contributed by atoms with Crippen molar-refractivity contribution in [3.63, 3.8) is 0 Å². The van der Waals surface area contributed by atoms with Gasteiger partial charge in [-0.2, -0.15) is 0 Å². The predicted molar refractivity (Wildman–Crippen MR) is 76.4 cm³/mol. The number of piperazine rings is 1. The lowest BCUT2D eigenvalue weighted by atomic mass is 10.3. The second-order valence-electron chi connectivity index (χ2n) is 4.20. The van der Waals surface area contributed by atoms with Crippen LogP contribution in [-0.4, -0.2) is 41.1 Å². The maximum absolute atomic E-state index is 5.35. The van der Waals surface area contributed by atoms with Crippen LogP contribution in [-0.2, 0) is 0 Å². The van der Waals surface area contributed by atoms with Gasteiger partial charge in [0.15, 0.2) is 10.9 Å². The second kappa shape index (κ2) is 5.37. The zero-order valence-electron chi connectivity index (χ0n) is 10.4. The molecule has 19 heavy (non-hydrogen) atoms. The van der Waals surface area contributed by atoms with Crippen LogP contribution in [0.1, 0.15) is 0 Å². The van der Waals surface area contributed by atoms with Crippen molar-refractivity contribution in [2.24, 2.45) is 5.84 Å². The third-order valence-electron chi connectivity index (χ3n) is 3.06. The Morgan fingerprint density at radius 2 is 1.95 bits per heavy atom. The lowest BCUT2D eigenvalue weighted by molar-refractivity contribution is 0.645. The molecule has 8 heteroatoms. The van der Waals surface area contributed by atoms with Gasteiger partial charge in [0.25, 0.3) is 0 Å². The van der Waals surface area contributed by atoms with Crippen molar-refractivity contribution in [2.45, 2.75) is 0 Å². The van der Waals surface area contributed by atoms with E-state index in [1.54, 1.807) is 23.7 Å². The molecule has 1 saturated heterocycles. The van der Waals surface area contributed by atoms with Gasteiger partial charge < -0.3 is 15.2 Å². The van der Waals surface area contributed by atoms with Gasteiger partial charge >= 0.3 is 0 Å². The average molecular weight is 277 g/mol. The fourth-order valence-corrected chi connectivity index (χ4v) is 2.77. The van der Waals surface area contributed by atoms with E-state index in [0.717, 1.165) is 37.1 Å². The smallest absolute Gasteiger partial charge is 0.185 e. The van der Waals surface area contributed by atoms with Crippen LogP contribution in [0.25, 0.3) is 0 Å². The Morgan fingerprint density at radius 1 is 1.16 bits per heavy atom. The minimum atomic E-state index is 0.583. The van der Waals surface area contributed by atoms with Crippen LogP contribution >= 0.6 is 11.3 Å². The molecule has 0 unspecified atom stereocenters. The van der Waals surface area contributed by atoms with E-state index in [-0.39, 0.29) is 0 Å². The summed E-state index contributed by atoms with van der Waals surface area (Å²) in [6.45, 7) is 3.69. The van der Waals surface area contributed by atoms with Crippen LogP contribution in [0.15, 0.2) is 24.0 Å². The quantitative estimate of drug-likeness (QED) is 0.626. The number of nitrogens with one attached hydrogen (secondary N) is 1. The molecular weight excluding hydrogens is 262 g/mol. The maximum Gasteiger partial charge on any atom is 0.185 e. The number of nitrogens with two attached hydrogens (primary N) is 1. The summed E-state index contributed by atoms with van der Waals surface area (Å²) in [7, 11) is 0. The van der Waals surface area contributed by atoms with Crippen molar-refractivity contribution in [1.82, 2.24) is 15.0 Å². The number of hydrazine groups is 1. The van der Waals surface area contributed by atoms with Gasteiger partial charge in [-0.25, -0.2) is 15.8 Å². The van der Waals surface area contributed by atoms with Crippen LogP contribution < -0.4 is 21.1 Å². The molecule has 1 aliphatic heterocycles. The van der Waals surface area contributed by atoms with Crippen molar-refractivity contribution >= 4 is 28.1 Å². The molecule has 0 aliphatic carbocycles. The van der Waals surface area contributed by atoms with Gasteiger partial charge in [-0.3, -0.25) is 4.98 Å². The van der Waals surface area contributed by atoms with Crippen LogP contribution in [0.4, 0.5) is 16.8 Å². The van der Waals surface area contributed by atoms with E-state index in [9.17, 15) is 0 Å². The van der Waals surface area contributed by atoms with Crippen LogP contribution in [0, 0.1) is 0 Å². The SMILES string of the molecule is NNc1cncc(N2CCN(c3nccs3)CC2)n1. The van der Waals surface area contributed by atoms with Crippen molar-refractivity contribution in [2.75, 3.05) is 41.4 Å². The highest BCUT2D eigenvalue weighted by Gasteiger charge is 2.19. The van der Waals surface area contributed by atoms with E-state index in [4.69, 9.17) is 5.84 Å². The normalized spacial score (nSPS) is 15.6. The molecule has 1 aliphatic rings. The Kier molecular flexibility index (Phi) is 3.43. The summed E-state index contributed by atoms with van der Waals surface area (Å²) < 4.78 is 0. The van der Waals surface area contributed by atoms with E-state index in [1.807, 2.05) is 11.6 Å². The molecule has 0 radical (unpaired) electrons. The first-order chi connectivity index (χ1) is 9.36. The molecule has 0 bridgehead atoms. The molecule has 1 fully saturated rings. The Hall–Kier alpha value is -1.93. The molecule has 7 nitrogen and oxygen atoms in total. The highest BCUT2D eigenvalue weighted by atomic mass is 32.1. The number of thiazole rings is 1. The number of anilines is 3. The largest absolute Gasteiger partial charge is 0.352 e. The van der Waals surface area contributed by atoms with Crippen LogP contribution in [0.2, 0.25) is 0 Å². The van der Waals surface area contributed by atoms with E-state index in [1.165, 1.54) is 0 Å². The number of hydrogen-bond acceptors (Lipinski definition) is 8. The molecule has 3 rings (SSSR count). The zero-order valence-corrected chi connectivity index (χ0v) is 11.2. The van der Waals surface area contributed by atoms with Crippen LogP contribution in [0.3, 0.4) is 0 Å². The molecule has 0 spiro atoms. The molecule has 100 valence electrons. The Balaban J connectivity index is 1.66. The monoisotopic (exact) mass is 277 g/mol. The molecule has 2 aromatic rings. The van der Waals surface area contributed by atoms with Gasteiger partial charge in [0.1, 0.15) is 5.82 Å². The molecule has 3 N–H and O–H groups in total. The Bertz CT molecular complexity index is 522. The number of hydrogen-bond donors (Lipinski definition) is 2. The summed E-state index contributed by atoms with van der Waals surface area (Å²) in [6, 6.07) is 0. The fourth-order valence-electron chi connectivity index (χ4n) is 2.08. The minimum absolute atomic E-state index is 0.583. The first kappa shape index (κ1) is 12.1. The maximum atomic E-state index is 5.35. The fraction of sp³-hybridized carbons (Fsp3) is 0.364. The Labute approximate surface area is 115 Å². The van der Waals surface area contributed by atoms with Crippen molar-refractivity contribution in [3.8, 4) is 0 Å². The van der Waals surface area contributed by atoms with Gasteiger partial charge in [0.05, 0.1) is 12.4 Å². The highest BCUT2D eigenvalue weighted by molar-refractivity contribution is 7.13. The highest BCUT2D eigenvalue weighted by Crippen LogP contribution is 2.21. The van der Waals surface area contributed by atoms with E-state index < -0.39 is 0 Å². The first-order valence-corrected chi connectivity index (χ1v) is 6.93. The van der Waals surface area contributed by atoms with Gasteiger partial charge in [0.2, 0.25) is 0 Å². The van der Waals surface area contributed by atoms with Gasteiger partial charge in [-0.1, -0.05) is 0 Å². The standard InChI is InChI=1S/C11H15N7S/c12-16-9-7-13-8-10(15-9)17-2-4-18(5-3-17)11-14-1-6-19-11/h1,6-8H,2-5,12H2,(H,15,16). The zero-order chi connectivity index (χ0) is 13.1. The molecule has 0 amide bonds. The number of rotatable bonds is 3. The lowest BCUT2D eigenvalue weighted by Crippen LogP contribution is -2.46. The summed E-state index contributed by atoms with van der Waals surface area (Å²) in [6.07, 6.45) is 5.21. The Morgan fingerprint density at radius 3 is 2.63 bits per heavy atom. The van der Waals surface area contributed by atoms with E-state index in [0.29, 0.717) is 5.82 Å². The summed E-state index contributed by atoms with van der Waals surface area (Å²) in [5, 5.41) is 3.09. The van der Waals surface area contributed by atoms with Crippen LogP contribution in [0.5, 0.6) is 0 Å².